The third-order valence-electron chi connectivity index (χ3n) is 5.69. The number of methoxy groups -OCH3 is 1. The van der Waals surface area contributed by atoms with Crippen LogP contribution in [0.5, 0.6) is 0 Å². The molecule has 5 nitrogen and oxygen atoms in total. The molecule has 5 rings (SSSR count). The molecule has 1 heterocycles. The highest BCUT2D eigenvalue weighted by Crippen LogP contribution is 2.58. The van der Waals surface area contributed by atoms with Gasteiger partial charge < -0.3 is 9.15 Å². The van der Waals surface area contributed by atoms with Crippen LogP contribution in [0.3, 0.4) is 0 Å². The first-order valence-corrected chi connectivity index (χ1v) is 7.60. The van der Waals surface area contributed by atoms with Crippen LogP contribution in [-0.2, 0) is 14.9 Å². The monoisotopic (exact) mass is 276 g/mol. The van der Waals surface area contributed by atoms with Crippen molar-refractivity contribution in [2.75, 3.05) is 7.11 Å². The summed E-state index contributed by atoms with van der Waals surface area (Å²) in [4.78, 5) is 12.0. The molecule has 4 aliphatic rings. The predicted molar refractivity (Wildman–Crippen MR) is 70.1 cm³/mol. The summed E-state index contributed by atoms with van der Waals surface area (Å²) >= 11 is 0. The zero-order chi connectivity index (χ0) is 13.8. The molecule has 4 saturated carbocycles. The third kappa shape index (κ3) is 1.64. The zero-order valence-electron chi connectivity index (χ0n) is 11.9. The van der Waals surface area contributed by atoms with E-state index >= 15 is 0 Å². The van der Waals surface area contributed by atoms with E-state index in [2.05, 4.69) is 10.2 Å². The fourth-order valence-corrected chi connectivity index (χ4v) is 3.97. The molecule has 0 aromatic carbocycles. The van der Waals surface area contributed by atoms with Crippen molar-refractivity contribution in [3.8, 4) is 0 Å². The van der Waals surface area contributed by atoms with Crippen LogP contribution in [0, 0.1) is 5.41 Å². The molecule has 4 aliphatic carbocycles. The van der Waals surface area contributed by atoms with E-state index in [0.717, 1.165) is 50.3 Å². The van der Waals surface area contributed by atoms with Crippen LogP contribution in [-0.4, -0.2) is 23.3 Å². The molecule has 0 radical (unpaired) electrons. The fraction of sp³-hybridized carbons (Fsp3) is 0.800. The highest BCUT2D eigenvalue weighted by atomic mass is 16.5. The van der Waals surface area contributed by atoms with Crippen molar-refractivity contribution in [2.24, 2.45) is 5.41 Å². The second-order valence-electron chi connectivity index (χ2n) is 6.77. The molecule has 0 N–H and O–H groups in total. The van der Waals surface area contributed by atoms with E-state index in [-0.39, 0.29) is 16.8 Å². The number of carbonyl (C=O) groups is 1. The van der Waals surface area contributed by atoms with Crippen LogP contribution in [0.1, 0.15) is 69.1 Å². The van der Waals surface area contributed by atoms with Gasteiger partial charge in [-0.05, 0) is 51.4 Å². The van der Waals surface area contributed by atoms with Crippen molar-refractivity contribution >= 4 is 5.97 Å². The van der Waals surface area contributed by atoms with Crippen molar-refractivity contribution in [1.82, 2.24) is 10.2 Å². The molecule has 108 valence electrons. The Labute approximate surface area is 118 Å². The summed E-state index contributed by atoms with van der Waals surface area (Å²) in [5.41, 5.74) is -0.217. The number of ether oxygens (including phenoxy) is 1. The number of nitrogens with zero attached hydrogens (tertiary/aromatic N) is 2. The topological polar surface area (TPSA) is 65.2 Å². The van der Waals surface area contributed by atoms with Crippen molar-refractivity contribution in [1.29, 1.82) is 0 Å². The highest BCUT2D eigenvalue weighted by Gasteiger charge is 2.55. The van der Waals surface area contributed by atoms with Crippen LogP contribution in [0.2, 0.25) is 0 Å². The Bertz CT molecular complexity index is 523. The molecule has 1 aromatic rings. The Morgan fingerprint density at radius 1 is 1.15 bits per heavy atom. The largest absolute Gasteiger partial charge is 0.469 e. The minimum Gasteiger partial charge on any atom is -0.469 e. The lowest BCUT2D eigenvalue weighted by molar-refractivity contribution is -0.160. The van der Waals surface area contributed by atoms with Gasteiger partial charge in [0.15, 0.2) is 0 Å². The van der Waals surface area contributed by atoms with Gasteiger partial charge in [0.25, 0.3) is 0 Å². The highest BCUT2D eigenvalue weighted by molar-refractivity contribution is 5.77. The standard InChI is InChI=1S/C15H20N2O3/c1-19-13(18)15-7-4-14(5-8-15,6-9-15)12-17-16-11(20-12)10-2-3-10/h10H,2-9H2,1H3. The molecule has 4 fully saturated rings. The molecule has 0 atom stereocenters. The Morgan fingerprint density at radius 2 is 1.80 bits per heavy atom. The van der Waals surface area contributed by atoms with E-state index in [1.807, 2.05) is 0 Å². The van der Waals surface area contributed by atoms with E-state index < -0.39 is 0 Å². The molecular weight excluding hydrogens is 256 g/mol. The van der Waals surface area contributed by atoms with Gasteiger partial charge in [-0.25, -0.2) is 0 Å². The van der Waals surface area contributed by atoms with Gasteiger partial charge in [0.1, 0.15) is 0 Å². The summed E-state index contributed by atoms with van der Waals surface area (Å²) in [5, 5.41) is 8.55. The molecular formula is C15H20N2O3. The van der Waals surface area contributed by atoms with E-state index in [9.17, 15) is 4.79 Å². The van der Waals surface area contributed by atoms with Gasteiger partial charge >= 0.3 is 5.97 Å². The van der Waals surface area contributed by atoms with Crippen molar-refractivity contribution in [2.45, 2.75) is 62.7 Å². The number of hydrogen-bond acceptors (Lipinski definition) is 5. The summed E-state index contributed by atoms with van der Waals surface area (Å²) in [5.74, 6) is 2.12. The Hall–Kier alpha value is -1.39. The number of carbonyl (C=O) groups excluding carboxylic acids is 1. The van der Waals surface area contributed by atoms with E-state index in [1.54, 1.807) is 0 Å². The van der Waals surface area contributed by atoms with Gasteiger partial charge in [-0.15, -0.1) is 10.2 Å². The number of fused-ring (bicyclic) bond motifs is 3. The van der Waals surface area contributed by atoms with E-state index in [1.165, 1.54) is 20.0 Å². The van der Waals surface area contributed by atoms with Crippen LogP contribution >= 0.6 is 0 Å². The van der Waals surface area contributed by atoms with Crippen LogP contribution < -0.4 is 0 Å². The van der Waals surface area contributed by atoms with Crippen LogP contribution in [0.15, 0.2) is 4.42 Å². The summed E-state index contributed by atoms with van der Waals surface area (Å²) in [7, 11) is 1.49. The average Bonchev–Trinajstić information content (AvgIpc) is 3.25. The van der Waals surface area contributed by atoms with Gasteiger partial charge in [-0.3, -0.25) is 4.79 Å². The second kappa shape index (κ2) is 4.06. The lowest BCUT2D eigenvalue weighted by atomic mass is 9.53. The first-order valence-electron chi connectivity index (χ1n) is 7.60. The quantitative estimate of drug-likeness (QED) is 0.794. The van der Waals surface area contributed by atoms with Gasteiger partial charge in [-0.1, -0.05) is 0 Å². The normalized spacial score (nSPS) is 36.0. The summed E-state index contributed by atoms with van der Waals surface area (Å²) in [6.45, 7) is 0. The summed E-state index contributed by atoms with van der Waals surface area (Å²) in [6, 6.07) is 0. The Kier molecular flexibility index (Phi) is 2.51. The molecule has 0 aliphatic heterocycles. The van der Waals surface area contributed by atoms with Crippen LogP contribution in [0.25, 0.3) is 0 Å². The molecule has 0 unspecified atom stereocenters. The van der Waals surface area contributed by atoms with Gasteiger partial charge in [0, 0.05) is 11.3 Å². The summed E-state index contributed by atoms with van der Waals surface area (Å²) < 4.78 is 10.9. The lowest BCUT2D eigenvalue weighted by Gasteiger charge is -2.49. The first-order chi connectivity index (χ1) is 9.67. The maximum absolute atomic E-state index is 12.0. The maximum atomic E-state index is 12.0. The van der Waals surface area contributed by atoms with E-state index in [4.69, 9.17) is 9.15 Å². The molecule has 0 amide bonds. The van der Waals surface area contributed by atoms with Gasteiger partial charge in [0.2, 0.25) is 11.8 Å². The van der Waals surface area contributed by atoms with Crippen molar-refractivity contribution in [3.05, 3.63) is 11.8 Å². The number of hydrogen-bond donors (Lipinski definition) is 0. The SMILES string of the molecule is COC(=O)C12CCC(c3nnc(C4CC4)o3)(CC1)CC2. The zero-order valence-corrected chi connectivity index (χ0v) is 11.9. The van der Waals surface area contributed by atoms with Crippen molar-refractivity contribution in [3.63, 3.8) is 0 Å². The molecule has 1 aromatic heterocycles. The molecule has 20 heavy (non-hydrogen) atoms. The maximum Gasteiger partial charge on any atom is 0.311 e. The second-order valence-corrected chi connectivity index (χ2v) is 6.77. The molecule has 5 heteroatoms. The summed E-state index contributed by atoms with van der Waals surface area (Å²) in [6.07, 6.45) is 7.93. The number of aromatic nitrogens is 2. The minimum atomic E-state index is -0.240. The molecule has 0 spiro atoms. The smallest absolute Gasteiger partial charge is 0.311 e. The van der Waals surface area contributed by atoms with Crippen molar-refractivity contribution < 1.29 is 13.9 Å². The van der Waals surface area contributed by atoms with E-state index in [0.29, 0.717) is 5.92 Å². The number of esters is 1. The Balaban J connectivity index is 1.57. The van der Waals surface area contributed by atoms with Gasteiger partial charge in [-0.2, -0.15) is 0 Å². The third-order valence-corrected chi connectivity index (χ3v) is 5.69. The molecule has 2 bridgehead atoms. The lowest BCUT2D eigenvalue weighted by Crippen LogP contribution is -2.48. The predicted octanol–water partition coefficient (Wildman–Crippen LogP) is 2.71. The molecule has 0 saturated heterocycles. The average molecular weight is 276 g/mol. The Morgan fingerprint density at radius 3 is 2.35 bits per heavy atom. The minimum absolute atomic E-state index is 0.0237. The first kappa shape index (κ1) is 12.4. The van der Waals surface area contributed by atoms with Gasteiger partial charge in [0.05, 0.1) is 12.5 Å². The fourth-order valence-electron chi connectivity index (χ4n) is 3.97. The van der Waals surface area contributed by atoms with Crippen LogP contribution in [0.4, 0.5) is 0 Å². The number of rotatable bonds is 3.